The third-order valence-electron chi connectivity index (χ3n) is 4.13. The number of carbonyl (C=O) groups is 2. The van der Waals surface area contributed by atoms with E-state index in [2.05, 4.69) is 0 Å². The Balaban J connectivity index is 1.80. The monoisotopic (exact) mass is 358 g/mol. The maximum atomic E-state index is 13.8. The van der Waals surface area contributed by atoms with Gasteiger partial charge >= 0.3 is 6.09 Å². The molecule has 0 spiro atoms. The van der Waals surface area contributed by atoms with Crippen LogP contribution in [-0.2, 0) is 6.61 Å². The average Bonchev–Trinajstić information content (AvgIpc) is 3.16. The number of carbonyl (C=O) groups excluding carboxylic acids is 2. The Kier molecular flexibility index (Phi) is 5.36. The normalized spacial score (nSPS) is 13.5. The first-order valence-electron chi connectivity index (χ1n) is 8.31. The number of nitrogens with zero attached hydrogens (tertiary/aromatic N) is 1. The van der Waals surface area contributed by atoms with Gasteiger partial charge in [0.2, 0.25) is 5.91 Å². The van der Waals surface area contributed by atoms with E-state index < -0.39 is 17.8 Å². The fraction of sp³-hybridized carbons (Fsp3) is 0.263. The van der Waals surface area contributed by atoms with Crippen molar-refractivity contribution < 1.29 is 23.5 Å². The summed E-state index contributed by atoms with van der Waals surface area (Å²) in [6.45, 7) is 1.20. The number of likely N-dealkylation sites (tertiary alicyclic amines) is 1. The lowest BCUT2D eigenvalue weighted by Crippen LogP contribution is -2.30. The molecule has 0 saturated carbocycles. The van der Waals surface area contributed by atoms with Crippen LogP contribution in [0.25, 0.3) is 0 Å². The summed E-state index contributed by atoms with van der Waals surface area (Å²) in [7, 11) is 0. The average molecular weight is 358 g/mol. The number of nitrogens with two attached hydrogens (primary N) is 1. The Hall–Kier alpha value is -3.09. The summed E-state index contributed by atoms with van der Waals surface area (Å²) in [5.41, 5.74) is 5.84. The van der Waals surface area contributed by atoms with Crippen LogP contribution >= 0.6 is 0 Å². The highest BCUT2D eigenvalue weighted by Gasteiger charge is 2.22. The molecule has 0 aromatic heterocycles. The third kappa shape index (κ3) is 4.11. The second kappa shape index (κ2) is 7.86. The number of primary amides is 1. The number of amides is 2. The highest BCUT2D eigenvalue weighted by Crippen LogP contribution is 2.30. The minimum absolute atomic E-state index is 0.0802. The molecule has 2 amide bonds. The van der Waals surface area contributed by atoms with Crippen LogP contribution in [0.2, 0.25) is 0 Å². The van der Waals surface area contributed by atoms with E-state index in [0.29, 0.717) is 18.7 Å². The van der Waals surface area contributed by atoms with Crippen molar-refractivity contribution in [2.75, 3.05) is 13.1 Å². The summed E-state index contributed by atoms with van der Waals surface area (Å²) in [5, 5.41) is 0. The molecule has 136 valence electrons. The summed E-state index contributed by atoms with van der Waals surface area (Å²) in [6, 6.07) is 10.5. The van der Waals surface area contributed by atoms with Gasteiger partial charge in [0.05, 0.1) is 0 Å². The molecule has 7 heteroatoms. The van der Waals surface area contributed by atoms with Gasteiger partial charge < -0.3 is 20.1 Å². The van der Waals surface area contributed by atoms with E-state index in [1.54, 1.807) is 23.1 Å². The third-order valence-corrected chi connectivity index (χ3v) is 4.13. The van der Waals surface area contributed by atoms with Gasteiger partial charge in [0, 0.05) is 24.2 Å². The highest BCUT2D eigenvalue weighted by atomic mass is 19.1. The van der Waals surface area contributed by atoms with Gasteiger partial charge in [0.15, 0.2) is 11.5 Å². The van der Waals surface area contributed by atoms with E-state index in [4.69, 9.17) is 15.2 Å². The van der Waals surface area contributed by atoms with Crippen molar-refractivity contribution in [3.63, 3.8) is 0 Å². The molecule has 1 heterocycles. The molecule has 3 rings (SSSR count). The van der Waals surface area contributed by atoms with E-state index in [1.807, 2.05) is 0 Å². The van der Waals surface area contributed by atoms with Gasteiger partial charge in [0.1, 0.15) is 12.4 Å². The summed E-state index contributed by atoms with van der Waals surface area (Å²) >= 11 is 0. The molecule has 1 aliphatic heterocycles. The van der Waals surface area contributed by atoms with Crippen LogP contribution in [0.3, 0.4) is 0 Å². The zero-order valence-corrected chi connectivity index (χ0v) is 14.1. The lowest BCUT2D eigenvalue weighted by Gasteiger charge is -2.17. The summed E-state index contributed by atoms with van der Waals surface area (Å²) in [5.74, 6) is -0.743. The molecule has 0 unspecified atom stereocenters. The molecule has 0 radical (unpaired) electrons. The van der Waals surface area contributed by atoms with Gasteiger partial charge in [-0.25, -0.2) is 9.18 Å². The number of halogens is 1. The van der Waals surface area contributed by atoms with Gasteiger partial charge in [0.25, 0.3) is 0 Å². The quantitative estimate of drug-likeness (QED) is 0.890. The van der Waals surface area contributed by atoms with Crippen molar-refractivity contribution in [1.82, 2.24) is 4.90 Å². The number of hydrogen-bond acceptors (Lipinski definition) is 4. The fourth-order valence-electron chi connectivity index (χ4n) is 2.69. The predicted octanol–water partition coefficient (Wildman–Crippen LogP) is 3.10. The topological polar surface area (TPSA) is 81.9 Å². The van der Waals surface area contributed by atoms with Crippen LogP contribution in [-0.4, -0.2) is 30.0 Å². The first-order chi connectivity index (χ1) is 12.5. The van der Waals surface area contributed by atoms with Crippen LogP contribution in [0.1, 0.15) is 28.8 Å². The number of ether oxygens (including phenoxy) is 2. The number of benzene rings is 2. The van der Waals surface area contributed by atoms with Gasteiger partial charge in [-0.15, -0.1) is 0 Å². The Bertz CT molecular complexity index is 819. The van der Waals surface area contributed by atoms with Crippen LogP contribution in [0.5, 0.6) is 11.5 Å². The molecule has 1 aliphatic rings. The minimum atomic E-state index is -0.641. The SMILES string of the molecule is NC(=O)c1ccc(OC(=O)N2CCCC2)c(OCc2ccccc2F)c1. The van der Waals surface area contributed by atoms with Crippen molar-refractivity contribution in [2.45, 2.75) is 19.4 Å². The summed E-state index contributed by atoms with van der Waals surface area (Å²) in [4.78, 5) is 25.2. The molecule has 1 fully saturated rings. The van der Waals surface area contributed by atoms with Gasteiger partial charge in [-0.1, -0.05) is 18.2 Å². The van der Waals surface area contributed by atoms with Crippen molar-refractivity contribution in [3.05, 3.63) is 59.4 Å². The van der Waals surface area contributed by atoms with E-state index in [-0.39, 0.29) is 23.7 Å². The minimum Gasteiger partial charge on any atom is -0.485 e. The molecule has 26 heavy (non-hydrogen) atoms. The summed E-state index contributed by atoms with van der Waals surface area (Å²) < 4.78 is 24.8. The first-order valence-corrected chi connectivity index (χ1v) is 8.31. The lowest BCUT2D eigenvalue weighted by atomic mass is 10.2. The lowest BCUT2D eigenvalue weighted by molar-refractivity contribution is 0.0999. The molecule has 0 aliphatic carbocycles. The molecule has 0 bridgehead atoms. The zero-order valence-electron chi connectivity index (χ0n) is 14.1. The first kappa shape index (κ1) is 17.7. The maximum Gasteiger partial charge on any atom is 0.415 e. The Labute approximate surface area is 150 Å². The molecular weight excluding hydrogens is 339 g/mol. The van der Waals surface area contributed by atoms with Gasteiger partial charge in [-0.05, 0) is 37.1 Å². The molecule has 2 N–H and O–H groups in total. The summed E-state index contributed by atoms with van der Waals surface area (Å²) in [6.07, 6.45) is 1.39. The molecular formula is C19H19FN2O4. The van der Waals surface area contributed by atoms with Crippen molar-refractivity contribution in [3.8, 4) is 11.5 Å². The Morgan fingerprint density at radius 2 is 1.81 bits per heavy atom. The van der Waals surface area contributed by atoms with E-state index in [0.717, 1.165) is 12.8 Å². The van der Waals surface area contributed by atoms with Gasteiger partial charge in [-0.2, -0.15) is 0 Å². The van der Waals surface area contributed by atoms with Crippen LogP contribution in [0.15, 0.2) is 42.5 Å². The maximum absolute atomic E-state index is 13.8. The smallest absolute Gasteiger partial charge is 0.415 e. The largest absolute Gasteiger partial charge is 0.485 e. The van der Waals surface area contributed by atoms with Crippen LogP contribution < -0.4 is 15.2 Å². The Morgan fingerprint density at radius 1 is 1.08 bits per heavy atom. The molecule has 2 aromatic carbocycles. The molecule has 2 aromatic rings. The van der Waals surface area contributed by atoms with Crippen molar-refractivity contribution >= 4 is 12.0 Å². The number of hydrogen-bond donors (Lipinski definition) is 1. The standard InChI is InChI=1S/C19H19FN2O4/c20-15-6-2-1-5-14(15)12-25-17-11-13(18(21)23)7-8-16(17)26-19(24)22-9-3-4-10-22/h1-2,5-8,11H,3-4,9-10,12H2,(H2,21,23). The molecule has 0 atom stereocenters. The molecule has 6 nitrogen and oxygen atoms in total. The Morgan fingerprint density at radius 3 is 2.50 bits per heavy atom. The van der Waals surface area contributed by atoms with E-state index >= 15 is 0 Å². The van der Waals surface area contributed by atoms with E-state index in [9.17, 15) is 14.0 Å². The second-order valence-electron chi connectivity index (χ2n) is 5.97. The van der Waals surface area contributed by atoms with Gasteiger partial charge in [-0.3, -0.25) is 4.79 Å². The highest BCUT2D eigenvalue weighted by molar-refractivity contribution is 5.93. The molecule has 1 saturated heterocycles. The van der Waals surface area contributed by atoms with Crippen molar-refractivity contribution in [1.29, 1.82) is 0 Å². The van der Waals surface area contributed by atoms with Crippen LogP contribution in [0.4, 0.5) is 9.18 Å². The second-order valence-corrected chi connectivity index (χ2v) is 5.97. The van der Waals surface area contributed by atoms with Crippen molar-refractivity contribution in [2.24, 2.45) is 5.73 Å². The number of rotatable bonds is 5. The fourth-order valence-corrected chi connectivity index (χ4v) is 2.69. The van der Waals surface area contributed by atoms with E-state index in [1.165, 1.54) is 24.3 Å². The predicted molar refractivity (Wildman–Crippen MR) is 92.5 cm³/mol. The zero-order chi connectivity index (χ0) is 18.5. The van der Waals surface area contributed by atoms with Crippen LogP contribution in [0, 0.1) is 5.82 Å².